The van der Waals surface area contributed by atoms with Crippen LogP contribution in [0, 0.1) is 11.7 Å². The fraction of sp³-hybridized carbons (Fsp3) is 0.524. The number of hydrogen-bond donors (Lipinski definition) is 1. The molecular weight excluding hydrogens is 459 g/mol. The van der Waals surface area contributed by atoms with Gasteiger partial charge in [0.1, 0.15) is 15.7 Å². The van der Waals surface area contributed by atoms with E-state index in [1.165, 1.54) is 33.4 Å². The molecule has 8 nitrogen and oxygen atoms in total. The van der Waals surface area contributed by atoms with Crippen molar-refractivity contribution in [2.75, 3.05) is 38.2 Å². The average Bonchev–Trinajstić information content (AvgIpc) is 2.81. The standard InChI is InChI=1S/C21H26ClFN4O4S/c22-20-18(24-12-15-4-3-11-31-14-15)13-25-27(21(20)28)16-7-9-26(10-8-16)32(29,30)19-6-2-1-5-17(19)23/h1-2,5-6,13,15-16,24H,3-4,7-12,14H2/t15-/m1/s1. The first-order chi connectivity index (χ1) is 15.4. The predicted octanol–water partition coefficient (Wildman–Crippen LogP) is 2.90. The molecule has 174 valence electrons. The number of hydrogen-bond acceptors (Lipinski definition) is 6. The van der Waals surface area contributed by atoms with Crippen molar-refractivity contribution in [2.24, 2.45) is 5.92 Å². The Bertz CT molecular complexity index is 1110. The predicted molar refractivity (Wildman–Crippen MR) is 119 cm³/mol. The maximum Gasteiger partial charge on any atom is 0.287 e. The molecule has 0 saturated carbocycles. The summed E-state index contributed by atoms with van der Waals surface area (Å²) in [5, 5.41) is 7.54. The molecule has 2 aromatic rings. The van der Waals surface area contributed by atoms with Crippen molar-refractivity contribution in [3.63, 3.8) is 0 Å². The molecule has 1 N–H and O–H groups in total. The Kier molecular flexibility index (Phi) is 7.14. The average molecular weight is 485 g/mol. The molecule has 2 aliphatic rings. The van der Waals surface area contributed by atoms with Crippen LogP contribution in [-0.2, 0) is 14.8 Å². The van der Waals surface area contributed by atoms with Crippen LogP contribution in [0.2, 0.25) is 5.02 Å². The first kappa shape index (κ1) is 23.2. The number of sulfonamides is 1. The minimum atomic E-state index is -3.94. The van der Waals surface area contributed by atoms with Gasteiger partial charge in [-0.05, 0) is 43.7 Å². The Morgan fingerprint density at radius 1 is 1.22 bits per heavy atom. The summed E-state index contributed by atoms with van der Waals surface area (Å²) in [6.07, 6.45) is 4.37. The van der Waals surface area contributed by atoms with E-state index in [2.05, 4.69) is 10.4 Å². The van der Waals surface area contributed by atoms with Crippen LogP contribution in [0.1, 0.15) is 31.7 Å². The van der Waals surface area contributed by atoms with Gasteiger partial charge < -0.3 is 10.1 Å². The highest BCUT2D eigenvalue weighted by Crippen LogP contribution is 2.28. The minimum absolute atomic E-state index is 0.0677. The number of benzene rings is 1. The molecule has 1 aromatic heterocycles. The summed E-state index contributed by atoms with van der Waals surface area (Å²) in [6.45, 7) is 2.44. The van der Waals surface area contributed by atoms with Gasteiger partial charge in [0, 0.05) is 26.2 Å². The lowest BCUT2D eigenvalue weighted by molar-refractivity contribution is 0.0595. The molecule has 1 atom stereocenters. The van der Waals surface area contributed by atoms with Gasteiger partial charge >= 0.3 is 0 Å². The smallest absolute Gasteiger partial charge is 0.287 e. The molecule has 0 spiro atoms. The number of rotatable bonds is 6. The van der Waals surface area contributed by atoms with Crippen molar-refractivity contribution in [1.29, 1.82) is 0 Å². The van der Waals surface area contributed by atoms with Gasteiger partial charge in [0.15, 0.2) is 0 Å². The van der Waals surface area contributed by atoms with Crippen molar-refractivity contribution < 1.29 is 17.5 Å². The van der Waals surface area contributed by atoms with Crippen LogP contribution < -0.4 is 10.9 Å². The van der Waals surface area contributed by atoms with Crippen molar-refractivity contribution >= 4 is 27.3 Å². The summed E-state index contributed by atoms with van der Waals surface area (Å²) in [5.41, 5.74) is 0.0741. The number of nitrogens with one attached hydrogen (secondary N) is 1. The molecule has 2 aliphatic heterocycles. The van der Waals surface area contributed by atoms with Crippen LogP contribution in [0.25, 0.3) is 0 Å². The molecule has 2 fully saturated rings. The fourth-order valence-corrected chi connectivity index (χ4v) is 5.91. The first-order valence-corrected chi connectivity index (χ1v) is 12.5. The van der Waals surface area contributed by atoms with E-state index in [1.54, 1.807) is 0 Å². The number of nitrogens with zero attached hydrogens (tertiary/aromatic N) is 3. The Hall–Kier alpha value is -2.01. The lowest BCUT2D eigenvalue weighted by atomic mass is 10.0. The molecule has 2 saturated heterocycles. The van der Waals surface area contributed by atoms with E-state index >= 15 is 0 Å². The summed E-state index contributed by atoms with van der Waals surface area (Å²) in [7, 11) is -3.94. The molecule has 0 aliphatic carbocycles. The van der Waals surface area contributed by atoms with E-state index in [9.17, 15) is 17.6 Å². The second kappa shape index (κ2) is 9.86. The lowest BCUT2D eigenvalue weighted by Gasteiger charge is -2.31. The maximum absolute atomic E-state index is 14.0. The zero-order valence-electron chi connectivity index (χ0n) is 17.5. The van der Waals surface area contributed by atoms with E-state index in [-0.39, 0.29) is 29.0 Å². The summed E-state index contributed by atoms with van der Waals surface area (Å²) < 4.78 is 47.6. The van der Waals surface area contributed by atoms with Gasteiger partial charge in [-0.2, -0.15) is 9.40 Å². The molecule has 1 aromatic carbocycles. The van der Waals surface area contributed by atoms with Gasteiger partial charge in [-0.1, -0.05) is 23.7 Å². The van der Waals surface area contributed by atoms with Crippen molar-refractivity contribution in [3.8, 4) is 0 Å². The van der Waals surface area contributed by atoms with Crippen LogP contribution in [0.4, 0.5) is 10.1 Å². The summed E-state index contributed by atoms with van der Waals surface area (Å²) in [6, 6.07) is 5.04. The molecule has 4 rings (SSSR count). The highest BCUT2D eigenvalue weighted by Gasteiger charge is 2.32. The molecule has 0 unspecified atom stereocenters. The van der Waals surface area contributed by atoms with E-state index < -0.39 is 21.4 Å². The molecule has 0 radical (unpaired) electrons. The Morgan fingerprint density at radius 2 is 1.97 bits per heavy atom. The second-order valence-electron chi connectivity index (χ2n) is 8.15. The van der Waals surface area contributed by atoms with E-state index in [1.807, 2.05) is 0 Å². The monoisotopic (exact) mass is 484 g/mol. The van der Waals surface area contributed by atoms with Crippen molar-refractivity contribution in [3.05, 3.63) is 51.7 Å². The quantitative estimate of drug-likeness (QED) is 0.677. The molecule has 0 amide bonds. The largest absolute Gasteiger partial charge is 0.382 e. The third kappa shape index (κ3) is 4.83. The fourth-order valence-electron chi connectivity index (χ4n) is 4.17. The van der Waals surface area contributed by atoms with Gasteiger partial charge in [-0.25, -0.2) is 17.5 Å². The van der Waals surface area contributed by atoms with Gasteiger partial charge in [0.2, 0.25) is 10.0 Å². The SMILES string of the molecule is O=c1c(Cl)c(NC[C@H]2CCCOC2)cnn1C1CCN(S(=O)(=O)c2ccccc2F)CC1. The Labute approximate surface area is 191 Å². The number of ether oxygens (including phenoxy) is 1. The minimum Gasteiger partial charge on any atom is -0.382 e. The van der Waals surface area contributed by atoms with Crippen LogP contribution in [0.3, 0.4) is 0 Å². The second-order valence-corrected chi connectivity index (χ2v) is 10.4. The summed E-state index contributed by atoms with van der Waals surface area (Å²) in [4.78, 5) is 12.5. The zero-order chi connectivity index (χ0) is 22.7. The highest BCUT2D eigenvalue weighted by atomic mass is 35.5. The van der Waals surface area contributed by atoms with Gasteiger partial charge in [0.05, 0.1) is 24.5 Å². The van der Waals surface area contributed by atoms with E-state index in [4.69, 9.17) is 16.3 Å². The lowest BCUT2D eigenvalue weighted by Crippen LogP contribution is -2.41. The van der Waals surface area contributed by atoms with E-state index in [0.29, 0.717) is 37.6 Å². The van der Waals surface area contributed by atoms with Crippen molar-refractivity contribution in [2.45, 2.75) is 36.6 Å². The molecule has 32 heavy (non-hydrogen) atoms. The molecule has 11 heteroatoms. The Balaban J connectivity index is 1.41. The third-order valence-electron chi connectivity index (χ3n) is 6.00. The highest BCUT2D eigenvalue weighted by molar-refractivity contribution is 7.89. The van der Waals surface area contributed by atoms with Crippen LogP contribution in [-0.4, -0.2) is 55.4 Å². The van der Waals surface area contributed by atoms with Gasteiger partial charge in [-0.3, -0.25) is 4.79 Å². The maximum atomic E-state index is 14.0. The van der Waals surface area contributed by atoms with Gasteiger partial charge in [0.25, 0.3) is 5.56 Å². The van der Waals surface area contributed by atoms with Crippen LogP contribution >= 0.6 is 11.6 Å². The molecule has 3 heterocycles. The number of piperidine rings is 1. The molecular formula is C21H26ClFN4O4S. The first-order valence-electron chi connectivity index (χ1n) is 10.7. The third-order valence-corrected chi connectivity index (χ3v) is 8.30. The van der Waals surface area contributed by atoms with Crippen LogP contribution in [0.15, 0.2) is 40.2 Å². The topological polar surface area (TPSA) is 93.5 Å². The Morgan fingerprint density at radius 3 is 2.66 bits per heavy atom. The summed E-state index contributed by atoms with van der Waals surface area (Å²) in [5.74, 6) is -0.412. The number of halogens is 2. The van der Waals surface area contributed by atoms with E-state index in [0.717, 1.165) is 25.5 Å². The number of aromatic nitrogens is 2. The summed E-state index contributed by atoms with van der Waals surface area (Å²) >= 11 is 6.32. The molecule has 0 bridgehead atoms. The zero-order valence-corrected chi connectivity index (χ0v) is 19.1. The van der Waals surface area contributed by atoms with Crippen molar-refractivity contribution in [1.82, 2.24) is 14.1 Å². The number of anilines is 1. The normalized spacial score (nSPS) is 20.9. The van der Waals surface area contributed by atoms with Crippen LogP contribution in [0.5, 0.6) is 0 Å². The van der Waals surface area contributed by atoms with Gasteiger partial charge in [-0.15, -0.1) is 0 Å².